The summed E-state index contributed by atoms with van der Waals surface area (Å²) in [6.45, 7) is 2.14. The molecule has 5 nitrogen and oxygen atoms in total. The molecule has 1 amide bonds. The SMILES string of the molecule is Cc1cccc(CN(CCC(=O)Nc2ccccc2F)S(C)(=O)=O)c1. The molecule has 0 aromatic heterocycles. The highest BCUT2D eigenvalue weighted by Crippen LogP contribution is 2.14. The lowest BCUT2D eigenvalue weighted by atomic mass is 10.1. The first-order valence-corrected chi connectivity index (χ1v) is 9.65. The van der Waals surface area contributed by atoms with Crippen molar-refractivity contribution in [2.24, 2.45) is 0 Å². The molecule has 0 heterocycles. The number of carbonyl (C=O) groups is 1. The summed E-state index contributed by atoms with van der Waals surface area (Å²) < 4.78 is 38.7. The number of benzene rings is 2. The van der Waals surface area contributed by atoms with Gasteiger partial charge in [0, 0.05) is 19.5 Å². The van der Waals surface area contributed by atoms with Crippen molar-refractivity contribution in [3.05, 3.63) is 65.5 Å². The zero-order valence-electron chi connectivity index (χ0n) is 14.2. The van der Waals surface area contributed by atoms with E-state index in [0.29, 0.717) is 0 Å². The van der Waals surface area contributed by atoms with Crippen molar-refractivity contribution in [1.82, 2.24) is 4.31 Å². The molecular formula is C18H21FN2O3S. The third-order valence-electron chi connectivity index (χ3n) is 3.65. The Hall–Kier alpha value is -2.25. The summed E-state index contributed by atoms with van der Waals surface area (Å²) in [6, 6.07) is 13.4. The van der Waals surface area contributed by atoms with Gasteiger partial charge in [0.2, 0.25) is 15.9 Å². The van der Waals surface area contributed by atoms with E-state index in [9.17, 15) is 17.6 Å². The first-order valence-electron chi connectivity index (χ1n) is 7.81. The maximum Gasteiger partial charge on any atom is 0.225 e. The quantitative estimate of drug-likeness (QED) is 0.821. The van der Waals surface area contributed by atoms with Crippen molar-refractivity contribution in [3.8, 4) is 0 Å². The highest BCUT2D eigenvalue weighted by Gasteiger charge is 2.18. The monoisotopic (exact) mass is 364 g/mol. The maximum absolute atomic E-state index is 13.5. The van der Waals surface area contributed by atoms with Crippen LogP contribution < -0.4 is 5.32 Å². The molecule has 0 aliphatic rings. The first-order chi connectivity index (χ1) is 11.8. The van der Waals surface area contributed by atoms with Crippen LogP contribution in [0.1, 0.15) is 17.5 Å². The number of carbonyl (C=O) groups excluding carboxylic acids is 1. The summed E-state index contributed by atoms with van der Waals surface area (Å²) in [7, 11) is -3.47. The molecular weight excluding hydrogens is 343 g/mol. The predicted octanol–water partition coefficient (Wildman–Crippen LogP) is 2.92. The number of rotatable bonds is 7. The topological polar surface area (TPSA) is 66.5 Å². The number of anilines is 1. The number of amides is 1. The number of halogens is 1. The van der Waals surface area contributed by atoms with E-state index in [-0.39, 0.29) is 25.2 Å². The molecule has 2 aromatic carbocycles. The fourth-order valence-electron chi connectivity index (χ4n) is 2.38. The van der Waals surface area contributed by atoms with Gasteiger partial charge in [0.25, 0.3) is 0 Å². The van der Waals surface area contributed by atoms with Crippen molar-refractivity contribution in [1.29, 1.82) is 0 Å². The van der Waals surface area contributed by atoms with Gasteiger partial charge < -0.3 is 5.32 Å². The van der Waals surface area contributed by atoms with Crippen LogP contribution in [-0.2, 0) is 21.4 Å². The van der Waals surface area contributed by atoms with Gasteiger partial charge in [-0.1, -0.05) is 42.0 Å². The predicted molar refractivity (Wildman–Crippen MR) is 96.1 cm³/mol. The van der Waals surface area contributed by atoms with Gasteiger partial charge >= 0.3 is 0 Å². The number of para-hydroxylation sites is 1. The minimum absolute atomic E-state index is 0.0209. The van der Waals surface area contributed by atoms with Crippen molar-refractivity contribution in [3.63, 3.8) is 0 Å². The van der Waals surface area contributed by atoms with E-state index in [4.69, 9.17) is 0 Å². The lowest BCUT2D eigenvalue weighted by molar-refractivity contribution is -0.116. The van der Waals surface area contributed by atoms with Gasteiger partial charge in [-0.15, -0.1) is 0 Å². The molecule has 134 valence electrons. The molecule has 7 heteroatoms. The summed E-state index contributed by atoms with van der Waals surface area (Å²) in [4.78, 5) is 12.0. The largest absolute Gasteiger partial charge is 0.324 e. The summed E-state index contributed by atoms with van der Waals surface area (Å²) >= 11 is 0. The van der Waals surface area contributed by atoms with Gasteiger partial charge in [-0.3, -0.25) is 4.79 Å². The second-order valence-corrected chi connectivity index (χ2v) is 7.85. The van der Waals surface area contributed by atoms with Gasteiger partial charge in [0.15, 0.2) is 0 Å². The van der Waals surface area contributed by atoms with Crippen LogP contribution in [0.2, 0.25) is 0 Å². The molecule has 0 bridgehead atoms. The first kappa shape index (κ1) is 19.1. The lowest BCUT2D eigenvalue weighted by Gasteiger charge is -2.20. The molecule has 1 N–H and O–H groups in total. The smallest absolute Gasteiger partial charge is 0.225 e. The van der Waals surface area contributed by atoms with Crippen LogP contribution in [0.25, 0.3) is 0 Å². The molecule has 0 radical (unpaired) electrons. The average Bonchev–Trinajstić information content (AvgIpc) is 2.52. The van der Waals surface area contributed by atoms with E-state index in [1.165, 1.54) is 22.5 Å². The molecule has 0 spiro atoms. The van der Waals surface area contributed by atoms with Crippen molar-refractivity contribution in [2.45, 2.75) is 19.9 Å². The molecule has 0 aliphatic carbocycles. The van der Waals surface area contributed by atoms with E-state index in [1.54, 1.807) is 6.07 Å². The molecule has 25 heavy (non-hydrogen) atoms. The molecule has 0 atom stereocenters. The lowest BCUT2D eigenvalue weighted by Crippen LogP contribution is -2.32. The van der Waals surface area contributed by atoms with Crippen LogP contribution in [-0.4, -0.2) is 31.4 Å². The Morgan fingerprint density at radius 3 is 2.52 bits per heavy atom. The Morgan fingerprint density at radius 2 is 1.88 bits per heavy atom. The second-order valence-electron chi connectivity index (χ2n) is 5.86. The summed E-state index contributed by atoms with van der Waals surface area (Å²) in [5.74, 6) is -0.974. The van der Waals surface area contributed by atoms with Crippen LogP contribution in [0.3, 0.4) is 0 Å². The Morgan fingerprint density at radius 1 is 1.16 bits per heavy atom. The molecule has 2 rings (SSSR count). The molecule has 2 aromatic rings. The minimum Gasteiger partial charge on any atom is -0.324 e. The fraction of sp³-hybridized carbons (Fsp3) is 0.278. The second kappa shape index (κ2) is 8.22. The molecule has 0 unspecified atom stereocenters. The maximum atomic E-state index is 13.5. The Labute approximate surface area is 147 Å². The van der Waals surface area contributed by atoms with Crippen LogP contribution in [0.4, 0.5) is 10.1 Å². The van der Waals surface area contributed by atoms with Gasteiger partial charge in [-0.25, -0.2) is 12.8 Å². The van der Waals surface area contributed by atoms with Crippen LogP contribution in [0, 0.1) is 12.7 Å². The summed E-state index contributed by atoms with van der Waals surface area (Å²) in [5.41, 5.74) is 1.96. The van der Waals surface area contributed by atoms with E-state index >= 15 is 0 Å². The molecule has 0 fully saturated rings. The number of sulfonamides is 1. The van der Waals surface area contributed by atoms with Gasteiger partial charge in [-0.05, 0) is 24.6 Å². The van der Waals surface area contributed by atoms with Crippen molar-refractivity contribution >= 4 is 21.6 Å². The van der Waals surface area contributed by atoms with E-state index < -0.39 is 21.7 Å². The zero-order chi connectivity index (χ0) is 18.4. The Balaban J connectivity index is 2.00. The van der Waals surface area contributed by atoms with E-state index in [1.807, 2.05) is 31.2 Å². The van der Waals surface area contributed by atoms with Crippen LogP contribution in [0.15, 0.2) is 48.5 Å². The standard InChI is InChI=1S/C18H21FN2O3S/c1-14-6-5-7-15(12-14)13-21(25(2,23)24)11-10-18(22)20-17-9-4-3-8-16(17)19/h3-9,12H,10-11,13H2,1-2H3,(H,20,22). The van der Waals surface area contributed by atoms with E-state index in [2.05, 4.69) is 5.32 Å². The van der Waals surface area contributed by atoms with Gasteiger partial charge in [0.1, 0.15) is 5.82 Å². The Bertz CT molecular complexity index is 853. The number of nitrogens with one attached hydrogen (secondary N) is 1. The highest BCUT2D eigenvalue weighted by atomic mass is 32.2. The molecule has 0 saturated carbocycles. The van der Waals surface area contributed by atoms with Crippen molar-refractivity contribution in [2.75, 3.05) is 18.1 Å². The Kier molecular flexibility index (Phi) is 6.27. The number of aryl methyl sites for hydroxylation is 1. The third-order valence-corrected chi connectivity index (χ3v) is 4.90. The molecule has 0 aliphatic heterocycles. The average molecular weight is 364 g/mol. The zero-order valence-corrected chi connectivity index (χ0v) is 15.0. The van der Waals surface area contributed by atoms with Gasteiger partial charge in [0.05, 0.1) is 11.9 Å². The highest BCUT2D eigenvalue weighted by molar-refractivity contribution is 7.88. The van der Waals surface area contributed by atoms with E-state index in [0.717, 1.165) is 17.4 Å². The number of hydrogen-bond donors (Lipinski definition) is 1. The number of hydrogen-bond acceptors (Lipinski definition) is 3. The van der Waals surface area contributed by atoms with Crippen LogP contribution >= 0.6 is 0 Å². The fourth-order valence-corrected chi connectivity index (χ4v) is 3.18. The third kappa shape index (κ3) is 5.95. The normalized spacial score (nSPS) is 11.5. The van der Waals surface area contributed by atoms with Crippen LogP contribution in [0.5, 0.6) is 0 Å². The minimum atomic E-state index is -3.47. The summed E-state index contributed by atoms with van der Waals surface area (Å²) in [5, 5.41) is 2.45. The van der Waals surface area contributed by atoms with Gasteiger partial charge in [-0.2, -0.15) is 4.31 Å². The summed E-state index contributed by atoms with van der Waals surface area (Å²) in [6.07, 6.45) is 1.05. The van der Waals surface area contributed by atoms with Crippen molar-refractivity contribution < 1.29 is 17.6 Å². The molecule has 0 saturated heterocycles. The number of nitrogens with zero attached hydrogens (tertiary/aromatic N) is 1.